The highest BCUT2D eigenvalue weighted by Crippen LogP contribution is 2.30. The van der Waals surface area contributed by atoms with Crippen LogP contribution in [-0.4, -0.2) is 61.2 Å². The maximum Gasteiger partial charge on any atom is 0.262 e. The van der Waals surface area contributed by atoms with Crippen LogP contribution in [-0.2, 0) is 19.6 Å². The number of Topliss-reactive ketones (excluding diaryl/α,β-unsaturated/α-hetero) is 1. The van der Waals surface area contributed by atoms with Crippen molar-refractivity contribution in [1.82, 2.24) is 14.9 Å². The van der Waals surface area contributed by atoms with Gasteiger partial charge in [0.1, 0.15) is 6.04 Å². The van der Waals surface area contributed by atoms with E-state index >= 15 is 0 Å². The molecule has 2 amide bonds. The Morgan fingerprint density at radius 1 is 1.28 bits per heavy atom. The van der Waals surface area contributed by atoms with E-state index in [0.717, 1.165) is 9.40 Å². The number of hydrogen-bond donors (Lipinski definition) is 2. The third-order valence-electron chi connectivity index (χ3n) is 5.39. The smallest absolute Gasteiger partial charge is 0.262 e. The molecule has 1 aliphatic heterocycles. The number of carbonyl (C=O) groups is 3. The second-order valence-corrected chi connectivity index (χ2v) is 12.6. The predicted octanol–water partition coefficient (Wildman–Crippen LogP) is 2.61. The first-order chi connectivity index (χ1) is 15.1. The lowest BCUT2D eigenvalue weighted by Crippen LogP contribution is -2.52. The maximum atomic E-state index is 13.0. The third-order valence-corrected chi connectivity index (χ3v) is 9.31. The number of rotatable bonds is 8. The van der Waals surface area contributed by atoms with Gasteiger partial charge >= 0.3 is 0 Å². The fourth-order valence-corrected chi connectivity index (χ4v) is 6.76. The van der Waals surface area contributed by atoms with Crippen molar-refractivity contribution in [3.05, 3.63) is 22.4 Å². The zero-order chi connectivity index (χ0) is 23.5. The first kappa shape index (κ1) is 24.8. The summed E-state index contributed by atoms with van der Waals surface area (Å²) in [7, 11) is -3.47. The SMILES string of the molecule is CCS(=O)(=O)N1CCCC(NC(=O)[C@H](CC(C)C)NC(=O)c2cc3sccc3s2)C(=O)C1. The number of hydrogen-bond acceptors (Lipinski definition) is 7. The summed E-state index contributed by atoms with van der Waals surface area (Å²) in [5.74, 6) is -0.990. The van der Waals surface area contributed by atoms with Gasteiger partial charge in [-0.15, -0.1) is 22.7 Å². The Bertz CT molecular complexity index is 1060. The van der Waals surface area contributed by atoms with Gasteiger partial charge in [-0.25, -0.2) is 8.42 Å². The Morgan fingerprint density at radius 2 is 2.03 bits per heavy atom. The molecule has 3 heterocycles. The Kier molecular flexibility index (Phi) is 8.07. The van der Waals surface area contributed by atoms with Crippen molar-refractivity contribution in [3.8, 4) is 0 Å². The molecule has 1 unspecified atom stereocenters. The van der Waals surface area contributed by atoms with Crippen molar-refractivity contribution in [2.45, 2.75) is 52.1 Å². The zero-order valence-corrected chi connectivity index (χ0v) is 20.9. The molecule has 8 nitrogen and oxygen atoms in total. The van der Waals surface area contributed by atoms with Crippen molar-refractivity contribution >= 4 is 59.7 Å². The maximum absolute atomic E-state index is 13.0. The van der Waals surface area contributed by atoms with Crippen LogP contribution in [0.3, 0.4) is 0 Å². The topological polar surface area (TPSA) is 113 Å². The average Bonchev–Trinajstić information content (AvgIpc) is 3.28. The van der Waals surface area contributed by atoms with E-state index in [-0.39, 0.29) is 36.5 Å². The summed E-state index contributed by atoms with van der Waals surface area (Å²) in [6.07, 6.45) is 1.27. The van der Waals surface area contributed by atoms with Crippen molar-refractivity contribution in [2.75, 3.05) is 18.8 Å². The molecule has 32 heavy (non-hydrogen) atoms. The van der Waals surface area contributed by atoms with Gasteiger partial charge in [-0.1, -0.05) is 13.8 Å². The van der Waals surface area contributed by atoms with Gasteiger partial charge in [0, 0.05) is 15.9 Å². The minimum atomic E-state index is -3.47. The molecule has 0 radical (unpaired) electrons. The summed E-state index contributed by atoms with van der Waals surface area (Å²) in [4.78, 5) is 39.0. The molecule has 1 fully saturated rings. The van der Waals surface area contributed by atoms with Crippen molar-refractivity contribution in [2.24, 2.45) is 5.92 Å². The molecule has 0 bridgehead atoms. The zero-order valence-electron chi connectivity index (χ0n) is 18.4. The molecule has 1 aliphatic rings. The number of carbonyl (C=O) groups excluding carboxylic acids is 3. The standard InChI is InChI=1S/C21H29N3O5S3/c1-4-32(28,29)24-8-5-6-14(16(25)12-24)22-20(26)15(10-13(2)3)23-21(27)19-11-18-17(31-19)7-9-30-18/h7,9,11,13-15H,4-6,8,10,12H2,1-3H3,(H,22,26)(H,23,27)/t14?,15-/m0/s1. The summed E-state index contributed by atoms with van der Waals surface area (Å²) < 4.78 is 27.6. The number of amides is 2. The van der Waals surface area contributed by atoms with E-state index in [1.165, 1.54) is 15.6 Å². The molecule has 2 atom stereocenters. The van der Waals surface area contributed by atoms with Crippen molar-refractivity contribution < 1.29 is 22.8 Å². The van der Waals surface area contributed by atoms with Crippen LogP contribution < -0.4 is 10.6 Å². The minimum Gasteiger partial charge on any atom is -0.344 e. The Hall–Kier alpha value is -1.82. The highest BCUT2D eigenvalue weighted by atomic mass is 32.2. The van der Waals surface area contributed by atoms with E-state index in [2.05, 4.69) is 10.6 Å². The number of nitrogens with zero attached hydrogens (tertiary/aromatic N) is 1. The quantitative estimate of drug-likeness (QED) is 0.580. The van der Waals surface area contributed by atoms with Gasteiger partial charge in [-0.05, 0) is 49.6 Å². The summed E-state index contributed by atoms with van der Waals surface area (Å²) in [6.45, 7) is 5.47. The molecular weight excluding hydrogens is 470 g/mol. The normalized spacial score (nSPS) is 19.1. The van der Waals surface area contributed by atoms with Gasteiger partial charge in [-0.2, -0.15) is 4.31 Å². The highest BCUT2D eigenvalue weighted by molar-refractivity contribution is 7.89. The molecule has 2 N–H and O–H groups in total. The van der Waals surface area contributed by atoms with Crippen LogP contribution in [0, 0.1) is 5.92 Å². The van der Waals surface area contributed by atoms with Gasteiger partial charge in [0.15, 0.2) is 5.78 Å². The molecule has 2 aromatic rings. The molecule has 3 rings (SSSR count). The van der Waals surface area contributed by atoms with E-state index in [9.17, 15) is 22.8 Å². The molecule has 176 valence electrons. The Labute approximate surface area is 196 Å². The Morgan fingerprint density at radius 3 is 2.69 bits per heavy atom. The third kappa shape index (κ3) is 5.94. The second-order valence-electron chi connectivity index (χ2n) is 8.32. The van der Waals surface area contributed by atoms with Crippen LogP contribution in [0.4, 0.5) is 0 Å². The number of fused-ring (bicyclic) bond motifs is 1. The molecule has 2 aromatic heterocycles. The summed E-state index contributed by atoms with van der Waals surface area (Å²) in [5, 5.41) is 7.55. The van der Waals surface area contributed by atoms with E-state index in [1.54, 1.807) is 18.3 Å². The van der Waals surface area contributed by atoms with Crippen molar-refractivity contribution in [3.63, 3.8) is 0 Å². The lowest BCUT2D eigenvalue weighted by atomic mass is 10.0. The molecular formula is C21H29N3O5S3. The van der Waals surface area contributed by atoms with Crippen molar-refractivity contribution in [1.29, 1.82) is 0 Å². The number of sulfonamides is 1. The lowest BCUT2D eigenvalue weighted by Gasteiger charge is -2.23. The molecule has 11 heteroatoms. The van der Waals surface area contributed by atoms with E-state index in [1.807, 2.05) is 31.4 Å². The molecule has 0 spiro atoms. The van der Waals surface area contributed by atoms with Gasteiger partial charge in [0.25, 0.3) is 5.91 Å². The van der Waals surface area contributed by atoms with Gasteiger partial charge in [0.2, 0.25) is 15.9 Å². The van der Waals surface area contributed by atoms with Gasteiger partial charge in [0.05, 0.1) is 23.2 Å². The monoisotopic (exact) mass is 499 g/mol. The first-order valence-corrected chi connectivity index (χ1v) is 14.0. The summed E-state index contributed by atoms with van der Waals surface area (Å²) >= 11 is 2.94. The largest absolute Gasteiger partial charge is 0.344 e. The van der Waals surface area contributed by atoms with E-state index in [0.29, 0.717) is 24.1 Å². The summed E-state index contributed by atoms with van der Waals surface area (Å²) in [6, 6.07) is 2.23. The number of thiophene rings is 2. The van der Waals surface area contributed by atoms with Crippen LogP contribution in [0.2, 0.25) is 0 Å². The second kappa shape index (κ2) is 10.4. The first-order valence-electron chi connectivity index (χ1n) is 10.7. The lowest BCUT2D eigenvalue weighted by molar-refractivity contribution is -0.129. The number of ketones is 1. The minimum absolute atomic E-state index is 0.0692. The molecule has 0 aromatic carbocycles. The average molecular weight is 500 g/mol. The summed E-state index contributed by atoms with van der Waals surface area (Å²) in [5.41, 5.74) is 0. The highest BCUT2D eigenvalue weighted by Gasteiger charge is 2.33. The van der Waals surface area contributed by atoms with Crippen LogP contribution in [0.5, 0.6) is 0 Å². The predicted molar refractivity (Wildman–Crippen MR) is 128 cm³/mol. The Balaban J connectivity index is 1.68. The fourth-order valence-electron chi connectivity index (χ4n) is 3.65. The molecule has 0 saturated carbocycles. The molecule has 0 aliphatic carbocycles. The van der Waals surface area contributed by atoms with E-state index < -0.39 is 28.0 Å². The van der Waals surface area contributed by atoms with E-state index in [4.69, 9.17) is 0 Å². The van der Waals surface area contributed by atoms with Crippen LogP contribution in [0.15, 0.2) is 17.5 Å². The van der Waals surface area contributed by atoms with Gasteiger partial charge < -0.3 is 10.6 Å². The van der Waals surface area contributed by atoms with Gasteiger partial charge in [-0.3, -0.25) is 14.4 Å². The van der Waals surface area contributed by atoms with Crippen LogP contribution in [0.1, 0.15) is 49.7 Å². The van der Waals surface area contributed by atoms with Crippen LogP contribution in [0.25, 0.3) is 9.40 Å². The number of nitrogens with one attached hydrogen (secondary N) is 2. The molecule has 1 saturated heterocycles. The fraction of sp³-hybridized carbons (Fsp3) is 0.571. The van der Waals surface area contributed by atoms with Crippen LogP contribution >= 0.6 is 22.7 Å².